The van der Waals surface area contributed by atoms with E-state index in [1.807, 2.05) is 0 Å². The summed E-state index contributed by atoms with van der Waals surface area (Å²) in [5.41, 5.74) is -8.40. The van der Waals surface area contributed by atoms with Gasteiger partial charge in [0.05, 0.1) is 22.3 Å². The summed E-state index contributed by atoms with van der Waals surface area (Å²) in [5, 5.41) is 0. The molecule has 0 fully saturated rings. The smallest absolute Gasteiger partial charge is 0.166 e. The van der Waals surface area contributed by atoms with E-state index in [4.69, 9.17) is 0 Å². The molecule has 12 heteroatoms. The number of halogens is 12. The molecule has 0 amide bonds. The number of benzene rings is 2. The number of rotatable bonds is 0. The Morgan fingerprint density at radius 2 is 0.750 bits per heavy atom. The van der Waals surface area contributed by atoms with Crippen molar-refractivity contribution in [2.45, 2.75) is 24.7 Å². The maximum Gasteiger partial charge on any atom is 0.417 e. The van der Waals surface area contributed by atoms with E-state index in [-0.39, 0.29) is 36.4 Å². The first-order valence-electron chi connectivity index (χ1n) is 7.99. The van der Waals surface area contributed by atoms with Crippen LogP contribution in [0.3, 0.4) is 0 Å². The van der Waals surface area contributed by atoms with E-state index in [9.17, 15) is 52.7 Å². The Balaban J connectivity index is 2.57. The summed E-state index contributed by atoms with van der Waals surface area (Å²) < 4.78 is 154. The van der Waals surface area contributed by atoms with Crippen molar-refractivity contribution >= 4 is 0 Å². The number of hydrogen-bond acceptors (Lipinski definition) is 0. The second-order valence-corrected chi connectivity index (χ2v) is 6.01. The van der Waals surface area contributed by atoms with Gasteiger partial charge in [0.1, 0.15) is 0 Å². The molecule has 0 saturated heterocycles. The van der Waals surface area contributed by atoms with Crippen molar-refractivity contribution in [1.82, 2.24) is 0 Å². The van der Waals surface area contributed by atoms with Crippen LogP contribution >= 0.6 is 0 Å². The lowest BCUT2D eigenvalue weighted by Gasteiger charge is -2.12. The average molecular weight is 474 g/mol. The van der Waals surface area contributed by atoms with E-state index in [1.165, 1.54) is 0 Å². The zero-order valence-corrected chi connectivity index (χ0v) is 15.0. The molecule has 0 bridgehead atoms. The molecule has 0 aliphatic carbocycles. The lowest BCUT2D eigenvalue weighted by atomic mass is 10.0. The second-order valence-electron chi connectivity index (χ2n) is 6.01. The lowest BCUT2D eigenvalue weighted by molar-refractivity contribution is -0.141. The number of hydrogen-bond donors (Lipinski definition) is 0. The Morgan fingerprint density at radius 3 is 1.00 bits per heavy atom. The van der Waals surface area contributed by atoms with Gasteiger partial charge in [-0.1, -0.05) is 11.8 Å². The van der Waals surface area contributed by atoms with Gasteiger partial charge >= 0.3 is 24.7 Å². The fraction of sp³-hybridized carbons (Fsp3) is 0.200. The van der Waals surface area contributed by atoms with Crippen molar-refractivity contribution in [3.8, 4) is 23.7 Å². The molecule has 32 heavy (non-hydrogen) atoms. The minimum absolute atomic E-state index is 0.0723. The molecule has 170 valence electrons. The van der Waals surface area contributed by atoms with Gasteiger partial charge in [-0.25, -0.2) is 0 Å². The highest BCUT2D eigenvalue weighted by molar-refractivity contribution is 5.52. The molecule has 0 saturated carbocycles. The molecule has 0 aromatic heterocycles. The van der Waals surface area contributed by atoms with Crippen LogP contribution in [0.1, 0.15) is 33.4 Å². The average Bonchev–Trinajstić information content (AvgIpc) is 2.61. The largest absolute Gasteiger partial charge is 0.417 e. The van der Waals surface area contributed by atoms with Gasteiger partial charge < -0.3 is 0 Å². The quantitative estimate of drug-likeness (QED) is 0.281. The van der Waals surface area contributed by atoms with Gasteiger partial charge in [0.15, 0.2) is 0 Å². The fourth-order valence-electron chi connectivity index (χ4n) is 2.34. The molecule has 0 heterocycles. The molecule has 0 spiro atoms. The molecule has 2 aromatic carbocycles. The van der Waals surface area contributed by atoms with Gasteiger partial charge in [-0.3, -0.25) is 0 Å². The maximum absolute atomic E-state index is 13.0. The van der Waals surface area contributed by atoms with E-state index >= 15 is 0 Å². The van der Waals surface area contributed by atoms with Crippen molar-refractivity contribution in [2.24, 2.45) is 0 Å². The summed E-state index contributed by atoms with van der Waals surface area (Å²) in [6, 6.07) is 0.714. The molecule has 0 unspecified atom stereocenters. The van der Waals surface area contributed by atoms with Crippen LogP contribution in [0.4, 0.5) is 52.7 Å². The Bertz CT molecular complexity index is 1030. The predicted molar refractivity (Wildman–Crippen MR) is 86.6 cm³/mol. The maximum atomic E-state index is 13.0. The Morgan fingerprint density at radius 1 is 0.438 bits per heavy atom. The SMILES string of the molecule is FC(F)(F)c1ccc(C(F)(F)F)c(C#CC#Cc2cc(C(F)(F)F)ccc2C(F)(F)F)c1. The standard InChI is InChI=1S/C20H6F12/c21-17(22,23)13-5-7-15(19(27,28)29)11(9-13)3-1-2-4-12-10-14(18(24,25)26)6-8-16(12)20(30,31)32/h5-10H. The molecule has 2 rings (SSSR count). The highest BCUT2D eigenvalue weighted by atomic mass is 19.4. The normalized spacial score (nSPS) is 12.5. The first-order valence-corrected chi connectivity index (χ1v) is 7.99. The summed E-state index contributed by atoms with van der Waals surface area (Å²) in [4.78, 5) is 0. The third-order valence-electron chi connectivity index (χ3n) is 3.76. The molecule has 0 radical (unpaired) electrons. The zero-order chi connectivity index (χ0) is 24.5. The minimum Gasteiger partial charge on any atom is -0.166 e. The summed E-state index contributed by atoms with van der Waals surface area (Å²) in [7, 11) is 0. The molecule has 0 atom stereocenters. The third kappa shape index (κ3) is 6.13. The van der Waals surface area contributed by atoms with Gasteiger partial charge in [-0.2, -0.15) is 52.7 Å². The van der Waals surface area contributed by atoms with Gasteiger partial charge in [0, 0.05) is 11.1 Å². The highest BCUT2D eigenvalue weighted by Gasteiger charge is 2.38. The van der Waals surface area contributed by atoms with E-state index in [2.05, 4.69) is 0 Å². The van der Waals surface area contributed by atoms with Crippen molar-refractivity contribution in [2.75, 3.05) is 0 Å². The van der Waals surface area contributed by atoms with Crippen molar-refractivity contribution < 1.29 is 52.7 Å². The van der Waals surface area contributed by atoms with Crippen LogP contribution in [0, 0.1) is 23.7 Å². The van der Waals surface area contributed by atoms with E-state index in [1.54, 1.807) is 23.7 Å². The molecule has 0 nitrogen and oxygen atoms in total. The predicted octanol–water partition coefficient (Wildman–Crippen LogP) is 7.17. The van der Waals surface area contributed by atoms with Crippen LogP contribution in [0.15, 0.2) is 36.4 Å². The van der Waals surface area contributed by atoms with Gasteiger partial charge in [0.25, 0.3) is 0 Å². The summed E-state index contributed by atoms with van der Waals surface area (Å²) in [5.74, 6) is 6.62. The molecular weight excluding hydrogens is 468 g/mol. The van der Waals surface area contributed by atoms with Gasteiger partial charge in [-0.05, 0) is 48.2 Å². The summed E-state index contributed by atoms with van der Waals surface area (Å²) >= 11 is 0. The van der Waals surface area contributed by atoms with E-state index in [0.29, 0.717) is 0 Å². The van der Waals surface area contributed by atoms with E-state index < -0.39 is 58.1 Å². The zero-order valence-electron chi connectivity index (χ0n) is 15.0. The lowest BCUT2D eigenvalue weighted by Crippen LogP contribution is -2.11. The van der Waals surface area contributed by atoms with Crippen molar-refractivity contribution in [3.63, 3.8) is 0 Å². The van der Waals surface area contributed by atoms with Crippen LogP contribution in [0.25, 0.3) is 0 Å². The van der Waals surface area contributed by atoms with Crippen LogP contribution in [-0.2, 0) is 24.7 Å². The molecule has 0 aliphatic heterocycles. The van der Waals surface area contributed by atoms with Crippen LogP contribution in [0.5, 0.6) is 0 Å². The monoisotopic (exact) mass is 474 g/mol. The molecule has 0 aliphatic rings. The van der Waals surface area contributed by atoms with Crippen molar-refractivity contribution in [1.29, 1.82) is 0 Å². The molecular formula is C20H6F12. The Hall–Kier alpha value is -3.28. The van der Waals surface area contributed by atoms with E-state index in [0.717, 1.165) is 0 Å². The highest BCUT2D eigenvalue weighted by Crippen LogP contribution is 2.37. The van der Waals surface area contributed by atoms with Crippen molar-refractivity contribution in [3.05, 3.63) is 69.8 Å². The first-order chi connectivity index (χ1) is 14.4. The molecule has 2 aromatic rings. The second kappa shape index (κ2) is 8.34. The molecule has 0 N–H and O–H groups in total. The first kappa shape index (κ1) is 25.0. The van der Waals surface area contributed by atoms with Gasteiger partial charge in [0.2, 0.25) is 0 Å². The van der Waals surface area contributed by atoms with Crippen LogP contribution in [0.2, 0.25) is 0 Å². The summed E-state index contributed by atoms with van der Waals surface area (Å²) in [6.45, 7) is 0. The minimum atomic E-state index is -5.11. The van der Waals surface area contributed by atoms with Gasteiger partial charge in [-0.15, -0.1) is 0 Å². The van der Waals surface area contributed by atoms with Crippen LogP contribution < -0.4 is 0 Å². The number of alkyl halides is 12. The van der Waals surface area contributed by atoms with Crippen LogP contribution in [-0.4, -0.2) is 0 Å². The Labute approximate surface area is 171 Å². The topological polar surface area (TPSA) is 0 Å². The third-order valence-corrected chi connectivity index (χ3v) is 3.76. The summed E-state index contributed by atoms with van der Waals surface area (Å²) in [6.07, 6.45) is -20.2. The Kier molecular flexibility index (Phi) is 6.51. The fourth-order valence-corrected chi connectivity index (χ4v) is 2.34.